The first-order valence-corrected chi connectivity index (χ1v) is 7.53. The second kappa shape index (κ2) is 5.71. The van der Waals surface area contributed by atoms with Gasteiger partial charge in [0, 0.05) is 18.6 Å². The minimum Gasteiger partial charge on any atom is -0.315 e. The Balaban J connectivity index is 2.05. The van der Waals surface area contributed by atoms with Crippen LogP contribution in [0.4, 0.5) is 0 Å². The van der Waals surface area contributed by atoms with Gasteiger partial charge < -0.3 is 5.32 Å². The van der Waals surface area contributed by atoms with Crippen LogP contribution in [0.2, 0.25) is 0 Å². The first-order chi connectivity index (χ1) is 8.11. The average Bonchev–Trinajstić information content (AvgIpc) is 2.27. The molecule has 0 aromatic rings. The van der Waals surface area contributed by atoms with Crippen LogP contribution in [0.15, 0.2) is 0 Å². The van der Waals surface area contributed by atoms with Crippen LogP contribution in [0.25, 0.3) is 0 Å². The molecule has 1 saturated carbocycles. The van der Waals surface area contributed by atoms with Crippen molar-refractivity contribution < 1.29 is 0 Å². The summed E-state index contributed by atoms with van der Waals surface area (Å²) in [6.45, 7) is 9.93. The number of rotatable bonds is 2. The van der Waals surface area contributed by atoms with Crippen LogP contribution in [0.5, 0.6) is 0 Å². The number of nitrogens with zero attached hydrogens (tertiary/aromatic N) is 1. The van der Waals surface area contributed by atoms with E-state index in [9.17, 15) is 0 Å². The van der Waals surface area contributed by atoms with Gasteiger partial charge in [0.1, 0.15) is 0 Å². The third-order valence-corrected chi connectivity index (χ3v) is 4.91. The van der Waals surface area contributed by atoms with Gasteiger partial charge in [0.25, 0.3) is 0 Å². The second-order valence-corrected chi connectivity index (χ2v) is 6.68. The van der Waals surface area contributed by atoms with Crippen molar-refractivity contribution in [3.8, 4) is 0 Å². The monoisotopic (exact) mass is 238 g/mol. The molecule has 1 aliphatic heterocycles. The summed E-state index contributed by atoms with van der Waals surface area (Å²) in [5.74, 6) is 2.63. The molecule has 0 aromatic carbocycles. The summed E-state index contributed by atoms with van der Waals surface area (Å²) < 4.78 is 0. The second-order valence-electron chi connectivity index (χ2n) is 6.68. The lowest BCUT2D eigenvalue weighted by molar-refractivity contribution is 0.0360. The number of likely N-dealkylation sites (tertiary alicyclic amines) is 1. The van der Waals surface area contributed by atoms with Crippen LogP contribution in [0.1, 0.15) is 46.5 Å². The lowest BCUT2D eigenvalue weighted by atomic mass is 9.75. The molecule has 0 radical (unpaired) electrons. The molecule has 1 heterocycles. The molecule has 1 N–H and O–H groups in total. The molecular formula is C15H30N2. The van der Waals surface area contributed by atoms with Gasteiger partial charge in [0.2, 0.25) is 0 Å². The summed E-state index contributed by atoms with van der Waals surface area (Å²) in [6.07, 6.45) is 5.60. The predicted molar refractivity (Wildman–Crippen MR) is 74.2 cm³/mol. The molecule has 5 atom stereocenters. The van der Waals surface area contributed by atoms with Crippen LogP contribution < -0.4 is 5.32 Å². The summed E-state index contributed by atoms with van der Waals surface area (Å²) in [4.78, 5) is 2.78. The van der Waals surface area contributed by atoms with E-state index in [0.29, 0.717) is 6.04 Å². The smallest absolute Gasteiger partial charge is 0.0275 e. The van der Waals surface area contributed by atoms with Crippen molar-refractivity contribution in [1.82, 2.24) is 10.2 Å². The van der Waals surface area contributed by atoms with Crippen LogP contribution >= 0.6 is 0 Å². The number of nitrogens with one attached hydrogen (secondary N) is 1. The van der Waals surface area contributed by atoms with E-state index in [1.54, 1.807) is 0 Å². The van der Waals surface area contributed by atoms with Gasteiger partial charge in [-0.25, -0.2) is 0 Å². The molecule has 2 fully saturated rings. The molecule has 0 bridgehead atoms. The van der Waals surface area contributed by atoms with Gasteiger partial charge in [-0.3, -0.25) is 4.90 Å². The Bertz CT molecular complexity index is 241. The zero-order valence-electron chi connectivity index (χ0n) is 12.1. The van der Waals surface area contributed by atoms with Gasteiger partial charge >= 0.3 is 0 Å². The van der Waals surface area contributed by atoms with E-state index in [2.05, 4.69) is 38.0 Å². The lowest BCUT2D eigenvalue weighted by Gasteiger charge is -2.48. The summed E-state index contributed by atoms with van der Waals surface area (Å²) >= 11 is 0. The van der Waals surface area contributed by atoms with Crippen LogP contribution in [-0.2, 0) is 0 Å². The zero-order valence-corrected chi connectivity index (χ0v) is 12.1. The molecule has 100 valence electrons. The van der Waals surface area contributed by atoms with Gasteiger partial charge in [-0.05, 0) is 57.0 Å². The molecule has 17 heavy (non-hydrogen) atoms. The Hall–Kier alpha value is -0.0800. The molecular weight excluding hydrogens is 208 g/mol. The van der Waals surface area contributed by atoms with Gasteiger partial charge in [0.15, 0.2) is 0 Å². The fourth-order valence-corrected chi connectivity index (χ4v) is 4.24. The molecule has 2 aliphatic rings. The van der Waals surface area contributed by atoms with E-state index < -0.39 is 0 Å². The zero-order chi connectivity index (χ0) is 12.4. The number of piperidine rings is 1. The van der Waals surface area contributed by atoms with E-state index in [0.717, 1.165) is 23.8 Å². The summed E-state index contributed by atoms with van der Waals surface area (Å²) in [7, 11) is 2.15. The van der Waals surface area contributed by atoms with E-state index in [4.69, 9.17) is 0 Å². The van der Waals surface area contributed by atoms with Crippen molar-refractivity contribution in [3.05, 3.63) is 0 Å². The summed E-state index contributed by atoms with van der Waals surface area (Å²) in [6, 6.07) is 1.48. The van der Waals surface area contributed by atoms with Crippen molar-refractivity contribution in [2.45, 2.75) is 58.5 Å². The maximum atomic E-state index is 3.59. The summed E-state index contributed by atoms with van der Waals surface area (Å²) in [5, 5.41) is 3.59. The van der Waals surface area contributed by atoms with E-state index in [1.165, 1.54) is 38.8 Å². The SMILES string of the molecule is CNC1CC(C)CC(C)C1N1CCCC(C)C1. The highest BCUT2D eigenvalue weighted by Gasteiger charge is 2.37. The van der Waals surface area contributed by atoms with Crippen molar-refractivity contribution in [2.75, 3.05) is 20.1 Å². The van der Waals surface area contributed by atoms with Crippen molar-refractivity contribution in [1.29, 1.82) is 0 Å². The summed E-state index contributed by atoms with van der Waals surface area (Å²) in [5.41, 5.74) is 0. The normalized spacial score (nSPS) is 44.8. The van der Waals surface area contributed by atoms with Crippen molar-refractivity contribution in [3.63, 3.8) is 0 Å². The molecule has 0 amide bonds. The maximum absolute atomic E-state index is 3.59. The maximum Gasteiger partial charge on any atom is 0.0275 e. The largest absolute Gasteiger partial charge is 0.315 e. The standard InChI is InChI=1S/C15H30N2/c1-11-6-5-7-17(10-11)15-13(3)8-12(2)9-14(15)16-4/h11-16H,5-10H2,1-4H3. The van der Waals surface area contributed by atoms with Crippen molar-refractivity contribution >= 4 is 0 Å². The van der Waals surface area contributed by atoms with Crippen LogP contribution in [0.3, 0.4) is 0 Å². The number of hydrogen-bond donors (Lipinski definition) is 1. The van der Waals surface area contributed by atoms with Crippen LogP contribution in [0, 0.1) is 17.8 Å². The number of hydrogen-bond acceptors (Lipinski definition) is 2. The molecule has 2 rings (SSSR count). The molecule has 2 nitrogen and oxygen atoms in total. The Labute approximate surface area is 107 Å². The minimum atomic E-state index is 0.707. The average molecular weight is 238 g/mol. The van der Waals surface area contributed by atoms with Gasteiger partial charge in [-0.15, -0.1) is 0 Å². The fourth-order valence-electron chi connectivity index (χ4n) is 4.24. The molecule has 0 aromatic heterocycles. The Morgan fingerprint density at radius 2 is 1.82 bits per heavy atom. The molecule has 1 aliphatic carbocycles. The van der Waals surface area contributed by atoms with E-state index in [1.807, 2.05) is 0 Å². The molecule has 1 saturated heterocycles. The lowest BCUT2D eigenvalue weighted by Crippen LogP contribution is -2.57. The highest BCUT2D eigenvalue weighted by Crippen LogP contribution is 2.34. The first kappa shape index (κ1) is 13.4. The minimum absolute atomic E-state index is 0.707. The Kier molecular flexibility index (Phi) is 4.48. The van der Waals surface area contributed by atoms with Crippen LogP contribution in [-0.4, -0.2) is 37.1 Å². The third kappa shape index (κ3) is 3.03. The Morgan fingerprint density at radius 3 is 2.47 bits per heavy atom. The molecule has 2 heteroatoms. The van der Waals surface area contributed by atoms with E-state index in [-0.39, 0.29) is 0 Å². The predicted octanol–water partition coefficient (Wildman–Crippen LogP) is 2.74. The first-order valence-electron chi connectivity index (χ1n) is 7.53. The topological polar surface area (TPSA) is 15.3 Å². The highest BCUT2D eigenvalue weighted by molar-refractivity contribution is 4.94. The van der Waals surface area contributed by atoms with E-state index >= 15 is 0 Å². The quantitative estimate of drug-likeness (QED) is 0.796. The van der Waals surface area contributed by atoms with Gasteiger partial charge in [0.05, 0.1) is 0 Å². The molecule has 5 unspecified atom stereocenters. The van der Waals surface area contributed by atoms with Gasteiger partial charge in [-0.1, -0.05) is 20.8 Å². The fraction of sp³-hybridized carbons (Fsp3) is 1.00. The van der Waals surface area contributed by atoms with Crippen molar-refractivity contribution in [2.24, 2.45) is 17.8 Å². The Morgan fingerprint density at radius 1 is 1.06 bits per heavy atom. The number of likely N-dealkylation sites (N-methyl/N-ethyl adjacent to an activating group) is 1. The highest BCUT2D eigenvalue weighted by atomic mass is 15.2. The van der Waals surface area contributed by atoms with Gasteiger partial charge in [-0.2, -0.15) is 0 Å². The molecule has 0 spiro atoms. The third-order valence-electron chi connectivity index (χ3n) is 4.91.